The van der Waals surface area contributed by atoms with Crippen LogP contribution in [0.5, 0.6) is 11.5 Å². The predicted molar refractivity (Wildman–Crippen MR) is 77.1 cm³/mol. The Hall–Kier alpha value is -2.24. The molecule has 6 heteroatoms. The van der Waals surface area contributed by atoms with Gasteiger partial charge in [0.1, 0.15) is 6.54 Å². The number of hydrogen-bond donors (Lipinski definition) is 1. The van der Waals surface area contributed by atoms with E-state index in [1.807, 2.05) is 6.92 Å². The Morgan fingerprint density at radius 2 is 1.95 bits per heavy atom. The van der Waals surface area contributed by atoms with E-state index in [4.69, 9.17) is 9.47 Å². The predicted octanol–water partition coefficient (Wildman–Crippen LogP) is 1.57. The third kappa shape index (κ3) is 5.72. The summed E-state index contributed by atoms with van der Waals surface area (Å²) in [4.78, 5) is 24.9. The quantitative estimate of drug-likeness (QED) is 0.737. The molecule has 0 unspecified atom stereocenters. The molecule has 21 heavy (non-hydrogen) atoms. The summed E-state index contributed by atoms with van der Waals surface area (Å²) >= 11 is 0. The number of phenols is 1. The normalized spacial score (nSPS) is 10.0. The summed E-state index contributed by atoms with van der Waals surface area (Å²) in [5.41, 5.74) is 0. The molecule has 1 amide bonds. The van der Waals surface area contributed by atoms with Gasteiger partial charge in [0.25, 0.3) is 5.91 Å². The first kappa shape index (κ1) is 16.8. The Morgan fingerprint density at radius 3 is 2.57 bits per heavy atom. The van der Waals surface area contributed by atoms with Gasteiger partial charge in [0.05, 0.1) is 6.61 Å². The monoisotopic (exact) mass is 295 g/mol. The van der Waals surface area contributed by atoms with Crippen LogP contribution in [-0.2, 0) is 14.3 Å². The van der Waals surface area contributed by atoms with E-state index < -0.39 is 5.97 Å². The molecule has 0 heterocycles. The van der Waals surface area contributed by atoms with Crippen LogP contribution in [0.3, 0.4) is 0 Å². The molecule has 1 aromatic carbocycles. The second kappa shape index (κ2) is 8.84. The molecule has 0 aliphatic rings. The number of carbonyl (C=O) groups excluding carboxylic acids is 2. The van der Waals surface area contributed by atoms with Gasteiger partial charge in [-0.15, -0.1) is 0 Å². The van der Waals surface area contributed by atoms with E-state index in [2.05, 4.69) is 0 Å². The fourth-order valence-corrected chi connectivity index (χ4v) is 1.73. The third-order valence-corrected chi connectivity index (χ3v) is 2.69. The Kier molecular flexibility index (Phi) is 7.08. The molecule has 1 rings (SSSR count). The van der Waals surface area contributed by atoms with E-state index in [1.54, 1.807) is 25.1 Å². The van der Waals surface area contributed by atoms with Crippen molar-refractivity contribution in [1.29, 1.82) is 0 Å². The number of para-hydroxylation sites is 2. The van der Waals surface area contributed by atoms with Crippen LogP contribution in [0.1, 0.15) is 20.3 Å². The van der Waals surface area contributed by atoms with Crippen LogP contribution in [0, 0.1) is 0 Å². The van der Waals surface area contributed by atoms with Gasteiger partial charge < -0.3 is 19.5 Å². The van der Waals surface area contributed by atoms with Crippen molar-refractivity contribution in [2.75, 3.05) is 26.3 Å². The van der Waals surface area contributed by atoms with Crippen molar-refractivity contribution in [3.05, 3.63) is 24.3 Å². The lowest BCUT2D eigenvalue weighted by Gasteiger charge is -2.21. The van der Waals surface area contributed by atoms with Gasteiger partial charge in [0.2, 0.25) is 0 Å². The van der Waals surface area contributed by atoms with E-state index in [9.17, 15) is 14.7 Å². The highest BCUT2D eigenvalue weighted by Gasteiger charge is 2.18. The molecule has 0 spiro atoms. The lowest BCUT2D eigenvalue weighted by molar-refractivity contribution is -0.149. The zero-order valence-electron chi connectivity index (χ0n) is 12.4. The molecule has 116 valence electrons. The standard InChI is InChI=1S/C15H21NO5/c1-3-9-16(10-15(19)20-4-2)14(18)11-21-13-8-6-5-7-12(13)17/h5-8,17H,3-4,9-11H2,1-2H3. The van der Waals surface area contributed by atoms with Crippen LogP contribution in [-0.4, -0.2) is 48.2 Å². The molecule has 0 atom stereocenters. The number of ether oxygens (including phenoxy) is 2. The zero-order chi connectivity index (χ0) is 15.7. The minimum absolute atomic E-state index is 0.0299. The lowest BCUT2D eigenvalue weighted by Crippen LogP contribution is -2.39. The zero-order valence-corrected chi connectivity index (χ0v) is 12.4. The maximum absolute atomic E-state index is 12.1. The van der Waals surface area contributed by atoms with Crippen molar-refractivity contribution < 1.29 is 24.2 Å². The van der Waals surface area contributed by atoms with E-state index in [1.165, 1.54) is 11.0 Å². The summed E-state index contributed by atoms with van der Waals surface area (Å²) in [5.74, 6) is -0.564. The molecule has 0 aromatic heterocycles. The van der Waals surface area contributed by atoms with Gasteiger partial charge in [-0.2, -0.15) is 0 Å². The average Bonchev–Trinajstić information content (AvgIpc) is 2.46. The van der Waals surface area contributed by atoms with Crippen LogP contribution >= 0.6 is 0 Å². The summed E-state index contributed by atoms with van der Waals surface area (Å²) < 4.78 is 10.1. The highest BCUT2D eigenvalue weighted by molar-refractivity contribution is 5.83. The second-order valence-corrected chi connectivity index (χ2v) is 4.38. The fourth-order valence-electron chi connectivity index (χ4n) is 1.73. The van der Waals surface area contributed by atoms with Crippen LogP contribution in [0.25, 0.3) is 0 Å². The molecule has 1 aromatic rings. The number of esters is 1. The average molecular weight is 295 g/mol. The van der Waals surface area contributed by atoms with Gasteiger partial charge >= 0.3 is 5.97 Å². The molecule has 1 N–H and O–H groups in total. The largest absolute Gasteiger partial charge is 0.504 e. The second-order valence-electron chi connectivity index (χ2n) is 4.38. The molecular weight excluding hydrogens is 274 g/mol. The molecule has 0 radical (unpaired) electrons. The van der Waals surface area contributed by atoms with E-state index >= 15 is 0 Å². The first-order chi connectivity index (χ1) is 10.1. The first-order valence-electron chi connectivity index (χ1n) is 6.92. The van der Waals surface area contributed by atoms with Crippen LogP contribution in [0.4, 0.5) is 0 Å². The SMILES string of the molecule is CCCN(CC(=O)OCC)C(=O)COc1ccccc1O. The summed E-state index contributed by atoms with van der Waals surface area (Å²) in [5, 5.41) is 9.56. The number of phenolic OH excluding ortho intramolecular Hbond substituents is 1. The first-order valence-corrected chi connectivity index (χ1v) is 6.92. The van der Waals surface area contributed by atoms with E-state index in [0.29, 0.717) is 6.54 Å². The van der Waals surface area contributed by atoms with E-state index in [-0.39, 0.29) is 37.2 Å². The van der Waals surface area contributed by atoms with Gasteiger partial charge in [-0.25, -0.2) is 0 Å². The van der Waals surface area contributed by atoms with Crippen molar-refractivity contribution in [2.45, 2.75) is 20.3 Å². The van der Waals surface area contributed by atoms with Crippen molar-refractivity contribution >= 4 is 11.9 Å². The number of benzene rings is 1. The van der Waals surface area contributed by atoms with Gasteiger partial charge in [-0.3, -0.25) is 9.59 Å². The molecule has 0 saturated carbocycles. The molecule has 0 fully saturated rings. The van der Waals surface area contributed by atoms with E-state index in [0.717, 1.165) is 6.42 Å². The number of nitrogens with zero attached hydrogens (tertiary/aromatic N) is 1. The number of aromatic hydroxyl groups is 1. The summed E-state index contributed by atoms with van der Waals surface area (Å²) in [6.45, 7) is 4.02. The minimum Gasteiger partial charge on any atom is -0.504 e. The Balaban J connectivity index is 2.56. The topological polar surface area (TPSA) is 76.1 Å². The molecule has 0 bridgehead atoms. The molecule has 0 aliphatic heterocycles. The van der Waals surface area contributed by atoms with Crippen molar-refractivity contribution in [3.8, 4) is 11.5 Å². The maximum atomic E-state index is 12.1. The summed E-state index contributed by atoms with van der Waals surface area (Å²) in [6, 6.07) is 6.40. The van der Waals surface area contributed by atoms with Gasteiger partial charge in [0.15, 0.2) is 18.1 Å². The number of rotatable bonds is 8. The van der Waals surface area contributed by atoms with Gasteiger partial charge in [-0.05, 0) is 25.5 Å². The molecule has 0 aliphatic carbocycles. The summed E-state index contributed by atoms with van der Waals surface area (Å²) in [6.07, 6.45) is 0.724. The third-order valence-electron chi connectivity index (χ3n) is 2.69. The highest BCUT2D eigenvalue weighted by atomic mass is 16.5. The van der Waals surface area contributed by atoms with Gasteiger partial charge in [-0.1, -0.05) is 19.1 Å². The summed E-state index contributed by atoms with van der Waals surface area (Å²) in [7, 11) is 0. The Labute approximate surface area is 124 Å². The maximum Gasteiger partial charge on any atom is 0.325 e. The van der Waals surface area contributed by atoms with Crippen LogP contribution in [0.2, 0.25) is 0 Å². The Bertz CT molecular complexity index is 475. The van der Waals surface area contributed by atoms with Gasteiger partial charge in [0, 0.05) is 6.54 Å². The Morgan fingerprint density at radius 1 is 1.24 bits per heavy atom. The molecule has 0 saturated heterocycles. The molecule has 6 nitrogen and oxygen atoms in total. The molecular formula is C15H21NO5. The fraction of sp³-hybridized carbons (Fsp3) is 0.467. The highest BCUT2D eigenvalue weighted by Crippen LogP contribution is 2.24. The van der Waals surface area contributed by atoms with Crippen LogP contribution < -0.4 is 4.74 Å². The number of amides is 1. The van der Waals surface area contributed by atoms with Crippen molar-refractivity contribution in [3.63, 3.8) is 0 Å². The minimum atomic E-state index is -0.443. The number of carbonyl (C=O) groups is 2. The smallest absolute Gasteiger partial charge is 0.325 e. The van der Waals surface area contributed by atoms with Crippen molar-refractivity contribution in [1.82, 2.24) is 4.90 Å². The van der Waals surface area contributed by atoms with Crippen molar-refractivity contribution in [2.24, 2.45) is 0 Å². The lowest BCUT2D eigenvalue weighted by atomic mass is 10.3. The van der Waals surface area contributed by atoms with Crippen LogP contribution in [0.15, 0.2) is 24.3 Å². The number of hydrogen-bond acceptors (Lipinski definition) is 5.